The fraction of sp³-hybridized carbons (Fsp3) is 0.148. The van der Waals surface area contributed by atoms with Crippen LogP contribution in [-0.4, -0.2) is 35.2 Å². The van der Waals surface area contributed by atoms with Crippen molar-refractivity contribution in [3.63, 3.8) is 0 Å². The summed E-state index contributed by atoms with van der Waals surface area (Å²) in [5.74, 6) is 0.0859. The van der Waals surface area contributed by atoms with Gasteiger partial charge in [-0.25, -0.2) is 4.79 Å². The van der Waals surface area contributed by atoms with Gasteiger partial charge in [0.15, 0.2) is 0 Å². The first-order valence-electron chi connectivity index (χ1n) is 10.8. The number of aryl methyl sites for hydroxylation is 2. The van der Waals surface area contributed by atoms with E-state index in [1.165, 1.54) is 0 Å². The summed E-state index contributed by atoms with van der Waals surface area (Å²) in [6, 6.07) is 19.6. The van der Waals surface area contributed by atoms with Gasteiger partial charge in [-0.1, -0.05) is 46.3 Å². The normalized spacial score (nSPS) is 14.5. The van der Waals surface area contributed by atoms with E-state index in [2.05, 4.69) is 15.9 Å². The van der Waals surface area contributed by atoms with Gasteiger partial charge in [0.25, 0.3) is 11.1 Å². The molecule has 0 bridgehead atoms. The van der Waals surface area contributed by atoms with Gasteiger partial charge in [-0.3, -0.25) is 14.5 Å². The van der Waals surface area contributed by atoms with E-state index >= 15 is 0 Å². The third-order valence-corrected chi connectivity index (χ3v) is 6.66. The third-order valence-electron chi connectivity index (χ3n) is 5.26. The van der Waals surface area contributed by atoms with Gasteiger partial charge in [0.1, 0.15) is 18.1 Å². The van der Waals surface area contributed by atoms with Crippen molar-refractivity contribution in [2.24, 2.45) is 0 Å². The highest BCUT2D eigenvalue weighted by atomic mass is 79.9. The molecule has 3 aromatic rings. The molecule has 0 aliphatic carbocycles. The molecule has 8 heteroatoms. The van der Waals surface area contributed by atoms with Crippen LogP contribution in [0.3, 0.4) is 0 Å². The maximum absolute atomic E-state index is 13.0. The SMILES string of the molecule is Cc1ccc(C)c(OCCN2C(=O)S/C(=C\c3cc(Br)ccc3OC(=O)c3ccccc3)C2=O)c1. The van der Waals surface area contributed by atoms with Crippen molar-refractivity contribution >= 4 is 50.9 Å². The summed E-state index contributed by atoms with van der Waals surface area (Å²) in [5.41, 5.74) is 2.96. The lowest BCUT2D eigenvalue weighted by molar-refractivity contribution is -0.123. The van der Waals surface area contributed by atoms with Gasteiger partial charge in [-0.05, 0) is 79.2 Å². The van der Waals surface area contributed by atoms with Crippen molar-refractivity contribution < 1.29 is 23.9 Å². The van der Waals surface area contributed by atoms with Gasteiger partial charge in [0, 0.05) is 10.0 Å². The van der Waals surface area contributed by atoms with E-state index in [0.717, 1.165) is 38.0 Å². The first kappa shape index (κ1) is 24.8. The lowest BCUT2D eigenvalue weighted by atomic mass is 10.1. The summed E-state index contributed by atoms with van der Waals surface area (Å²) >= 11 is 4.25. The molecule has 1 heterocycles. The number of esters is 1. The van der Waals surface area contributed by atoms with Crippen LogP contribution in [0, 0.1) is 13.8 Å². The van der Waals surface area contributed by atoms with Crippen LogP contribution in [0.1, 0.15) is 27.0 Å². The molecule has 0 aromatic heterocycles. The number of benzene rings is 3. The first-order valence-corrected chi connectivity index (χ1v) is 12.4. The number of imide groups is 1. The number of amides is 2. The van der Waals surface area contributed by atoms with E-state index in [1.807, 2.05) is 38.1 Å². The number of nitrogens with zero attached hydrogens (tertiary/aromatic N) is 1. The van der Waals surface area contributed by atoms with Crippen molar-refractivity contribution in [1.82, 2.24) is 4.90 Å². The second kappa shape index (κ2) is 10.9. The number of thioether (sulfide) groups is 1. The van der Waals surface area contributed by atoms with Crippen LogP contribution in [0.5, 0.6) is 11.5 Å². The van der Waals surface area contributed by atoms with Gasteiger partial charge < -0.3 is 9.47 Å². The Kier molecular flexibility index (Phi) is 7.73. The predicted molar refractivity (Wildman–Crippen MR) is 140 cm³/mol. The Bertz CT molecular complexity index is 1320. The van der Waals surface area contributed by atoms with Crippen LogP contribution in [0.15, 0.2) is 76.1 Å². The zero-order valence-corrected chi connectivity index (χ0v) is 21.5. The molecule has 0 radical (unpaired) electrons. The van der Waals surface area contributed by atoms with Crippen molar-refractivity contribution in [2.75, 3.05) is 13.2 Å². The number of carbonyl (C=O) groups excluding carboxylic acids is 3. The molecule has 0 saturated carbocycles. The molecule has 0 atom stereocenters. The van der Waals surface area contributed by atoms with E-state index in [0.29, 0.717) is 11.1 Å². The fourth-order valence-electron chi connectivity index (χ4n) is 3.40. The molecule has 2 amide bonds. The number of hydrogen-bond donors (Lipinski definition) is 0. The van der Waals surface area contributed by atoms with Gasteiger partial charge in [-0.15, -0.1) is 0 Å². The maximum atomic E-state index is 13.0. The summed E-state index contributed by atoms with van der Waals surface area (Å²) in [5, 5.41) is -0.372. The minimum absolute atomic E-state index is 0.129. The number of rotatable bonds is 7. The van der Waals surface area contributed by atoms with Crippen molar-refractivity contribution in [3.05, 3.63) is 98.4 Å². The Balaban J connectivity index is 1.48. The van der Waals surface area contributed by atoms with Crippen LogP contribution >= 0.6 is 27.7 Å². The van der Waals surface area contributed by atoms with Crippen LogP contribution in [0.25, 0.3) is 6.08 Å². The molecular formula is C27H22BrNO5S. The van der Waals surface area contributed by atoms with Gasteiger partial charge in [-0.2, -0.15) is 0 Å². The highest BCUT2D eigenvalue weighted by Gasteiger charge is 2.35. The molecule has 35 heavy (non-hydrogen) atoms. The van der Waals surface area contributed by atoms with Gasteiger partial charge in [0.2, 0.25) is 0 Å². The fourth-order valence-corrected chi connectivity index (χ4v) is 4.64. The Labute approximate surface area is 216 Å². The topological polar surface area (TPSA) is 72.9 Å². The molecule has 0 spiro atoms. The minimum Gasteiger partial charge on any atom is -0.491 e. The molecule has 4 rings (SSSR count). The van der Waals surface area contributed by atoms with E-state index in [1.54, 1.807) is 48.5 Å². The number of carbonyl (C=O) groups is 3. The summed E-state index contributed by atoms with van der Waals surface area (Å²) in [4.78, 5) is 39.4. The third kappa shape index (κ3) is 6.01. The maximum Gasteiger partial charge on any atom is 0.343 e. The first-order chi connectivity index (χ1) is 16.8. The van der Waals surface area contributed by atoms with Crippen LogP contribution < -0.4 is 9.47 Å². The minimum atomic E-state index is -0.515. The van der Waals surface area contributed by atoms with E-state index < -0.39 is 11.9 Å². The number of ether oxygens (including phenoxy) is 2. The number of hydrogen-bond acceptors (Lipinski definition) is 6. The Hall–Kier alpha value is -3.36. The Morgan fingerprint density at radius 2 is 1.77 bits per heavy atom. The number of halogens is 1. The second-order valence-electron chi connectivity index (χ2n) is 7.89. The van der Waals surface area contributed by atoms with Crippen LogP contribution in [0.4, 0.5) is 4.79 Å². The summed E-state index contributed by atoms with van der Waals surface area (Å²) in [7, 11) is 0. The molecule has 6 nitrogen and oxygen atoms in total. The molecule has 1 saturated heterocycles. The molecule has 0 N–H and O–H groups in total. The zero-order valence-electron chi connectivity index (χ0n) is 19.1. The second-order valence-corrected chi connectivity index (χ2v) is 9.80. The average Bonchev–Trinajstić information content (AvgIpc) is 3.10. The van der Waals surface area contributed by atoms with E-state index in [9.17, 15) is 14.4 Å². The molecule has 1 aliphatic rings. The largest absolute Gasteiger partial charge is 0.491 e. The monoisotopic (exact) mass is 551 g/mol. The van der Waals surface area contributed by atoms with Crippen molar-refractivity contribution in [1.29, 1.82) is 0 Å². The average molecular weight is 552 g/mol. The molecule has 0 unspecified atom stereocenters. The van der Waals surface area contributed by atoms with Gasteiger partial charge in [0.05, 0.1) is 17.0 Å². The highest BCUT2D eigenvalue weighted by Crippen LogP contribution is 2.35. The van der Waals surface area contributed by atoms with Crippen LogP contribution in [-0.2, 0) is 4.79 Å². The van der Waals surface area contributed by atoms with Gasteiger partial charge >= 0.3 is 5.97 Å². The zero-order chi connectivity index (χ0) is 24.9. The standard InChI is InChI=1S/C27H22BrNO5S/c1-17-8-9-18(2)23(14-17)33-13-12-29-25(30)24(35-27(29)32)16-20-15-21(28)10-11-22(20)34-26(31)19-6-4-3-5-7-19/h3-11,14-16H,12-13H2,1-2H3/b24-16-. The molecular weight excluding hydrogens is 530 g/mol. The van der Waals surface area contributed by atoms with Crippen LogP contribution in [0.2, 0.25) is 0 Å². The highest BCUT2D eigenvalue weighted by molar-refractivity contribution is 9.10. The quantitative estimate of drug-likeness (QED) is 0.192. The lowest BCUT2D eigenvalue weighted by Gasteiger charge is -2.14. The van der Waals surface area contributed by atoms with Crippen molar-refractivity contribution in [2.45, 2.75) is 13.8 Å². The van der Waals surface area contributed by atoms with E-state index in [4.69, 9.17) is 9.47 Å². The van der Waals surface area contributed by atoms with Crippen molar-refractivity contribution in [3.8, 4) is 11.5 Å². The lowest BCUT2D eigenvalue weighted by Crippen LogP contribution is -2.32. The Morgan fingerprint density at radius 3 is 2.54 bits per heavy atom. The summed E-state index contributed by atoms with van der Waals surface area (Å²) in [6.45, 7) is 4.23. The Morgan fingerprint density at radius 1 is 1.00 bits per heavy atom. The van der Waals surface area contributed by atoms with E-state index in [-0.39, 0.29) is 29.0 Å². The molecule has 1 fully saturated rings. The molecule has 178 valence electrons. The predicted octanol–water partition coefficient (Wildman–Crippen LogP) is 6.40. The summed E-state index contributed by atoms with van der Waals surface area (Å²) in [6.07, 6.45) is 1.56. The molecule has 1 aliphatic heterocycles. The molecule has 3 aromatic carbocycles. The smallest absolute Gasteiger partial charge is 0.343 e. The summed E-state index contributed by atoms with van der Waals surface area (Å²) < 4.78 is 12.1.